The summed E-state index contributed by atoms with van der Waals surface area (Å²) < 4.78 is 41.1. The summed E-state index contributed by atoms with van der Waals surface area (Å²) >= 11 is 0. The van der Waals surface area contributed by atoms with Crippen LogP contribution in [0.3, 0.4) is 0 Å². The maximum atomic E-state index is 13.3. The fraction of sp³-hybridized carbons (Fsp3) is 0.227. The molecule has 1 saturated heterocycles. The highest BCUT2D eigenvalue weighted by Crippen LogP contribution is 2.50. The fourth-order valence-corrected chi connectivity index (χ4v) is 4.13. The lowest BCUT2D eigenvalue weighted by molar-refractivity contribution is -0.274. The van der Waals surface area contributed by atoms with Crippen molar-refractivity contribution in [2.75, 3.05) is 10.6 Å². The largest absolute Gasteiger partial charge is 0.573 e. The fourth-order valence-electron chi connectivity index (χ4n) is 4.13. The molecule has 7 nitrogen and oxygen atoms in total. The minimum atomic E-state index is -4.83. The zero-order chi connectivity index (χ0) is 22.7. The number of halogens is 3. The van der Waals surface area contributed by atoms with E-state index < -0.39 is 29.6 Å². The standard InChI is InChI=1S/C22H17F3N4O3/c23-22(24,25)32-15-7-5-14(6-8-15)29-19(30)21(9-10-21)28(20(29)31)12-13-11-18(26)27-17-4-2-1-3-16(13)17/h1-8,11H,9-10,12H2,(H2,26,27). The molecule has 2 aromatic carbocycles. The van der Waals surface area contributed by atoms with Crippen LogP contribution in [0.5, 0.6) is 5.75 Å². The first kappa shape index (κ1) is 20.1. The number of anilines is 2. The number of nitrogens with zero attached hydrogens (tertiary/aromatic N) is 3. The van der Waals surface area contributed by atoms with Gasteiger partial charge in [-0.25, -0.2) is 14.7 Å². The van der Waals surface area contributed by atoms with Crippen molar-refractivity contribution in [3.8, 4) is 5.75 Å². The number of para-hydroxylation sites is 1. The van der Waals surface area contributed by atoms with Gasteiger partial charge in [-0.1, -0.05) is 18.2 Å². The molecule has 2 N–H and O–H groups in total. The average Bonchev–Trinajstić information content (AvgIpc) is 3.50. The van der Waals surface area contributed by atoms with Gasteiger partial charge in [0.15, 0.2) is 0 Å². The summed E-state index contributed by atoms with van der Waals surface area (Å²) in [6, 6.07) is 13.2. The van der Waals surface area contributed by atoms with Gasteiger partial charge in [0.25, 0.3) is 5.91 Å². The Kier molecular flexibility index (Phi) is 4.30. The van der Waals surface area contributed by atoms with Gasteiger partial charge in [0.2, 0.25) is 0 Å². The number of imide groups is 1. The van der Waals surface area contributed by atoms with Crippen LogP contribution in [-0.2, 0) is 11.3 Å². The smallest absolute Gasteiger partial charge is 0.406 e. The Hall–Kier alpha value is -3.82. The number of urea groups is 1. The number of ether oxygens (including phenoxy) is 1. The van der Waals surface area contributed by atoms with Gasteiger partial charge in [0.05, 0.1) is 11.2 Å². The number of aromatic nitrogens is 1. The molecule has 0 radical (unpaired) electrons. The van der Waals surface area contributed by atoms with Gasteiger partial charge >= 0.3 is 12.4 Å². The van der Waals surface area contributed by atoms with Gasteiger partial charge < -0.3 is 15.4 Å². The monoisotopic (exact) mass is 442 g/mol. The summed E-state index contributed by atoms with van der Waals surface area (Å²) in [6.45, 7) is 0.156. The first-order valence-corrected chi connectivity index (χ1v) is 9.84. The lowest BCUT2D eigenvalue weighted by Crippen LogP contribution is -2.36. The third-order valence-electron chi connectivity index (χ3n) is 5.74. The van der Waals surface area contributed by atoms with Crippen LogP contribution in [0.4, 0.5) is 29.5 Å². The molecule has 0 atom stereocenters. The molecule has 1 saturated carbocycles. The lowest BCUT2D eigenvalue weighted by atomic mass is 10.1. The van der Waals surface area contributed by atoms with Crippen molar-refractivity contribution in [1.82, 2.24) is 9.88 Å². The molecule has 2 heterocycles. The Labute approximate surface area is 180 Å². The number of fused-ring (bicyclic) bond motifs is 1. The first-order chi connectivity index (χ1) is 15.2. The first-order valence-electron chi connectivity index (χ1n) is 9.84. The molecule has 2 aliphatic rings. The molecular formula is C22H17F3N4O3. The van der Waals surface area contributed by atoms with Crippen LogP contribution < -0.4 is 15.4 Å². The number of pyridine rings is 1. The summed E-state index contributed by atoms with van der Waals surface area (Å²) in [6.07, 6.45) is -3.80. The van der Waals surface area contributed by atoms with Crippen LogP contribution in [0.15, 0.2) is 54.6 Å². The predicted octanol–water partition coefficient (Wildman–Crippen LogP) is 4.22. The van der Waals surface area contributed by atoms with Crippen molar-refractivity contribution in [2.45, 2.75) is 31.3 Å². The zero-order valence-corrected chi connectivity index (χ0v) is 16.6. The SMILES string of the molecule is Nc1cc(CN2C(=O)N(c3ccc(OC(F)(F)F)cc3)C(=O)C23CC3)c2ccccc2n1. The van der Waals surface area contributed by atoms with E-state index in [9.17, 15) is 22.8 Å². The van der Waals surface area contributed by atoms with Crippen LogP contribution in [0.25, 0.3) is 10.9 Å². The number of hydrogen-bond acceptors (Lipinski definition) is 5. The van der Waals surface area contributed by atoms with Crippen LogP contribution in [-0.4, -0.2) is 33.7 Å². The van der Waals surface area contributed by atoms with E-state index in [-0.39, 0.29) is 12.2 Å². The number of carbonyl (C=O) groups excluding carboxylic acids is 2. The minimum absolute atomic E-state index is 0.156. The molecule has 1 aliphatic heterocycles. The van der Waals surface area contributed by atoms with Crippen LogP contribution in [0.2, 0.25) is 0 Å². The molecule has 3 aromatic rings. The maximum absolute atomic E-state index is 13.3. The van der Waals surface area contributed by atoms with Crippen molar-refractivity contribution in [2.24, 2.45) is 0 Å². The summed E-state index contributed by atoms with van der Waals surface area (Å²) in [5.74, 6) is -0.519. The van der Waals surface area contributed by atoms with Crippen molar-refractivity contribution in [1.29, 1.82) is 0 Å². The Morgan fingerprint density at radius 3 is 2.41 bits per heavy atom. The number of nitrogens with two attached hydrogens (primary N) is 1. The van der Waals surface area contributed by atoms with E-state index in [1.54, 1.807) is 6.07 Å². The van der Waals surface area contributed by atoms with Crippen LogP contribution >= 0.6 is 0 Å². The Morgan fingerprint density at radius 2 is 1.75 bits per heavy atom. The number of amides is 3. The second kappa shape index (κ2) is 6.84. The van der Waals surface area contributed by atoms with Gasteiger partial charge in [0.1, 0.15) is 17.1 Å². The van der Waals surface area contributed by atoms with E-state index in [1.807, 2.05) is 24.3 Å². The third-order valence-corrected chi connectivity index (χ3v) is 5.74. The predicted molar refractivity (Wildman–Crippen MR) is 110 cm³/mol. The zero-order valence-electron chi connectivity index (χ0n) is 16.6. The molecule has 0 unspecified atom stereocenters. The summed E-state index contributed by atoms with van der Waals surface area (Å²) in [5, 5.41) is 0.824. The van der Waals surface area contributed by atoms with E-state index in [2.05, 4.69) is 9.72 Å². The van der Waals surface area contributed by atoms with E-state index in [1.165, 1.54) is 17.0 Å². The Balaban J connectivity index is 1.46. The van der Waals surface area contributed by atoms with Gasteiger partial charge in [0, 0.05) is 11.9 Å². The summed E-state index contributed by atoms with van der Waals surface area (Å²) in [7, 11) is 0. The number of benzene rings is 2. The molecule has 1 spiro atoms. The normalized spacial score (nSPS) is 17.5. The molecule has 3 amide bonds. The molecule has 10 heteroatoms. The summed E-state index contributed by atoms with van der Waals surface area (Å²) in [4.78, 5) is 33.3. The molecule has 2 fully saturated rings. The number of rotatable bonds is 4. The lowest BCUT2D eigenvalue weighted by Gasteiger charge is -2.22. The molecule has 5 rings (SSSR count). The van der Waals surface area contributed by atoms with E-state index in [0.717, 1.165) is 28.0 Å². The second-order valence-electron chi connectivity index (χ2n) is 7.81. The topological polar surface area (TPSA) is 88.8 Å². The minimum Gasteiger partial charge on any atom is -0.406 e. The van der Waals surface area contributed by atoms with Gasteiger partial charge in [-0.15, -0.1) is 13.2 Å². The maximum Gasteiger partial charge on any atom is 0.573 e. The van der Waals surface area contributed by atoms with E-state index in [0.29, 0.717) is 24.2 Å². The number of alkyl halides is 3. The molecule has 1 aromatic heterocycles. The number of carbonyl (C=O) groups is 2. The Bertz CT molecular complexity index is 1240. The second-order valence-corrected chi connectivity index (χ2v) is 7.81. The quantitative estimate of drug-likeness (QED) is 0.612. The number of hydrogen-bond donors (Lipinski definition) is 1. The van der Waals surface area contributed by atoms with Crippen molar-refractivity contribution in [3.05, 3.63) is 60.2 Å². The van der Waals surface area contributed by atoms with E-state index >= 15 is 0 Å². The molecular weight excluding hydrogens is 425 g/mol. The van der Waals surface area contributed by atoms with E-state index in [4.69, 9.17) is 5.73 Å². The highest BCUT2D eigenvalue weighted by atomic mass is 19.4. The van der Waals surface area contributed by atoms with Crippen molar-refractivity contribution in [3.63, 3.8) is 0 Å². The number of nitrogen functional groups attached to an aromatic ring is 1. The Morgan fingerprint density at radius 1 is 1.06 bits per heavy atom. The third kappa shape index (κ3) is 3.28. The molecule has 164 valence electrons. The van der Waals surface area contributed by atoms with Crippen molar-refractivity contribution < 1.29 is 27.5 Å². The highest BCUT2D eigenvalue weighted by molar-refractivity contribution is 6.24. The van der Waals surface area contributed by atoms with Gasteiger partial charge in [-0.05, 0) is 54.8 Å². The van der Waals surface area contributed by atoms with Crippen LogP contribution in [0, 0.1) is 0 Å². The molecule has 32 heavy (non-hydrogen) atoms. The highest BCUT2D eigenvalue weighted by Gasteiger charge is 2.65. The molecule has 0 bridgehead atoms. The molecule has 1 aliphatic carbocycles. The summed E-state index contributed by atoms with van der Waals surface area (Å²) in [5.41, 5.74) is 6.62. The van der Waals surface area contributed by atoms with Gasteiger partial charge in [-0.3, -0.25) is 4.79 Å². The average molecular weight is 442 g/mol. The van der Waals surface area contributed by atoms with Crippen LogP contribution in [0.1, 0.15) is 18.4 Å². The van der Waals surface area contributed by atoms with Gasteiger partial charge in [-0.2, -0.15) is 0 Å². The van der Waals surface area contributed by atoms with Crippen molar-refractivity contribution >= 4 is 34.3 Å².